The van der Waals surface area contributed by atoms with E-state index in [9.17, 15) is 18.0 Å². The average molecular weight is 448 g/mol. The van der Waals surface area contributed by atoms with E-state index in [4.69, 9.17) is 0 Å². The molecule has 0 radical (unpaired) electrons. The van der Waals surface area contributed by atoms with Gasteiger partial charge in [-0.25, -0.2) is 8.42 Å². The molecule has 2 N–H and O–H groups in total. The van der Waals surface area contributed by atoms with E-state index in [2.05, 4.69) is 15.0 Å². The van der Waals surface area contributed by atoms with Crippen molar-refractivity contribution in [2.75, 3.05) is 11.9 Å². The monoisotopic (exact) mass is 447 g/mol. The van der Waals surface area contributed by atoms with E-state index < -0.39 is 15.9 Å². The second kappa shape index (κ2) is 9.15. The molecule has 1 amide bonds. The van der Waals surface area contributed by atoms with Gasteiger partial charge in [0.15, 0.2) is 5.78 Å². The van der Waals surface area contributed by atoms with E-state index in [1.807, 2.05) is 6.07 Å². The summed E-state index contributed by atoms with van der Waals surface area (Å²) in [5.74, 6) is -0.338. The van der Waals surface area contributed by atoms with Gasteiger partial charge in [-0.1, -0.05) is 54.6 Å². The summed E-state index contributed by atoms with van der Waals surface area (Å²) < 4.78 is 27.8. The van der Waals surface area contributed by atoms with E-state index >= 15 is 0 Å². The molecule has 7 nitrogen and oxygen atoms in total. The molecule has 0 saturated heterocycles. The number of benzene rings is 3. The number of hydrogen-bond donors (Lipinski definition) is 2. The Morgan fingerprint density at radius 2 is 1.56 bits per heavy atom. The lowest BCUT2D eigenvalue weighted by molar-refractivity contribution is 0.0996. The second-order valence-corrected chi connectivity index (χ2v) is 8.94. The number of hydrogen-bond acceptors (Lipinski definition) is 5. The second-order valence-electron chi connectivity index (χ2n) is 7.26. The number of carbonyl (C=O) groups excluding carboxylic acids is 2. The number of rotatable bonds is 6. The largest absolute Gasteiger partial charge is 0.322 e. The Balaban J connectivity index is 1.57. The van der Waals surface area contributed by atoms with E-state index in [0.717, 1.165) is 6.42 Å². The summed E-state index contributed by atoms with van der Waals surface area (Å²) in [6.07, 6.45) is 1.40. The molecule has 162 valence electrons. The number of carbonyl (C=O) groups is 2. The normalized spacial score (nSPS) is 13.3. The van der Waals surface area contributed by atoms with Gasteiger partial charge in [0, 0.05) is 29.8 Å². The van der Waals surface area contributed by atoms with Crippen LogP contribution >= 0.6 is 0 Å². The number of amides is 1. The highest BCUT2D eigenvalue weighted by Crippen LogP contribution is 2.20. The molecular weight excluding hydrogens is 426 g/mol. The summed E-state index contributed by atoms with van der Waals surface area (Å²) in [6.45, 7) is 0.606. The first-order valence-corrected chi connectivity index (χ1v) is 11.6. The first-order valence-electron chi connectivity index (χ1n) is 10.1. The minimum absolute atomic E-state index is 0.0125. The number of ketones is 1. The fourth-order valence-corrected chi connectivity index (χ4v) is 4.53. The topological polar surface area (TPSA) is 105 Å². The van der Waals surface area contributed by atoms with Gasteiger partial charge in [-0.15, -0.1) is 0 Å². The Hall–Kier alpha value is -3.78. The van der Waals surface area contributed by atoms with Crippen LogP contribution in [-0.2, 0) is 10.0 Å². The van der Waals surface area contributed by atoms with Crippen LogP contribution < -0.4 is 10.0 Å². The minimum atomic E-state index is -3.81. The maximum absolute atomic E-state index is 13.0. The van der Waals surface area contributed by atoms with Crippen LogP contribution in [0.2, 0.25) is 0 Å². The van der Waals surface area contributed by atoms with E-state index in [-0.39, 0.29) is 21.8 Å². The highest BCUT2D eigenvalue weighted by Gasteiger charge is 2.21. The van der Waals surface area contributed by atoms with Crippen LogP contribution in [0.4, 0.5) is 5.69 Å². The lowest BCUT2D eigenvalue weighted by Gasteiger charge is -2.12. The molecule has 8 heteroatoms. The van der Waals surface area contributed by atoms with Gasteiger partial charge in [-0.3, -0.25) is 19.3 Å². The van der Waals surface area contributed by atoms with Crippen molar-refractivity contribution in [1.82, 2.24) is 4.72 Å². The fraction of sp³-hybridized carbons (Fsp3) is 0.125. The number of amidine groups is 1. The van der Waals surface area contributed by atoms with Crippen molar-refractivity contribution in [3.05, 3.63) is 95.6 Å². The van der Waals surface area contributed by atoms with Crippen molar-refractivity contribution >= 4 is 33.2 Å². The lowest BCUT2D eigenvalue weighted by atomic mass is 9.98. The number of nitrogens with zero attached hydrogens (tertiary/aromatic N) is 1. The molecule has 0 fully saturated rings. The molecular formula is C24H21N3O4S. The van der Waals surface area contributed by atoms with E-state index in [1.165, 1.54) is 12.1 Å². The van der Waals surface area contributed by atoms with Gasteiger partial charge in [0.25, 0.3) is 15.9 Å². The lowest BCUT2D eigenvalue weighted by Crippen LogP contribution is -2.29. The molecule has 0 atom stereocenters. The van der Waals surface area contributed by atoms with Crippen LogP contribution in [0.15, 0.2) is 88.8 Å². The van der Waals surface area contributed by atoms with Gasteiger partial charge in [0.1, 0.15) is 5.84 Å². The molecule has 0 unspecified atom stereocenters. The zero-order valence-electron chi connectivity index (χ0n) is 17.1. The average Bonchev–Trinajstić information content (AvgIpc) is 3.31. The van der Waals surface area contributed by atoms with Crippen molar-refractivity contribution in [1.29, 1.82) is 0 Å². The maximum atomic E-state index is 13.0. The molecule has 1 aliphatic rings. The van der Waals surface area contributed by atoms with Gasteiger partial charge in [0.2, 0.25) is 0 Å². The quantitative estimate of drug-likeness (QED) is 0.563. The Bertz CT molecular complexity index is 1300. The summed E-state index contributed by atoms with van der Waals surface area (Å²) >= 11 is 0. The highest BCUT2D eigenvalue weighted by molar-refractivity contribution is 7.90. The standard InChI is InChI=1S/C24H21N3O4S/c28-23(17-8-2-1-3-9-17)20-12-4-5-13-21(20)24(29)26-18-10-6-11-19(16-18)32(30,31)27-22-14-7-15-25-22/h1-6,8-13,16H,7,14-15H2,(H,25,27)(H,26,29). The van der Waals surface area contributed by atoms with Crippen LogP contribution in [0.5, 0.6) is 0 Å². The Morgan fingerprint density at radius 3 is 2.28 bits per heavy atom. The summed E-state index contributed by atoms with van der Waals surface area (Å²) in [7, 11) is -3.81. The zero-order chi connectivity index (χ0) is 22.6. The molecule has 0 bridgehead atoms. The number of anilines is 1. The summed E-state index contributed by atoms with van der Waals surface area (Å²) in [6, 6.07) is 21.2. The smallest absolute Gasteiger partial charge is 0.262 e. The predicted molar refractivity (Wildman–Crippen MR) is 123 cm³/mol. The first-order chi connectivity index (χ1) is 15.4. The van der Waals surface area contributed by atoms with Gasteiger partial charge in [0.05, 0.1) is 10.5 Å². The minimum Gasteiger partial charge on any atom is -0.322 e. The Morgan fingerprint density at radius 1 is 0.844 bits per heavy atom. The SMILES string of the molecule is O=C(Nc1cccc(S(=O)(=O)NC2=NCCC2)c1)c1ccccc1C(=O)c1ccccc1. The molecule has 0 saturated carbocycles. The Kier molecular flexibility index (Phi) is 6.13. The van der Waals surface area contributed by atoms with Gasteiger partial charge in [-0.05, 0) is 30.7 Å². The molecule has 1 heterocycles. The molecule has 1 aliphatic heterocycles. The number of sulfonamides is 1. The van der Waals surface area contributed by atoms with Crippen molar-refractivity contribution in [2.24, 2.45) is 4.99 Å². The fourth-order valence-electron chi connectivity index (χ4n) is 3.40. The van der Waals surface area contributed by atoms with Crippen molar-refractivity contribution in [3.8, 4) is 0 Å². The summed E-state index contributed by atoms with van der Waals surface area (Å²) in [5, 5.41) is 2.70. The maximum Gasteiger partial charge on any atom is 0.262 e. The van der Waals surface area contributed by atoms with Gasteiger partial charge >= 0.3 is 0 Å². The number of nitrogens with one attached hydrogen (secondary N) is 2. The van der Waals surface area contributed by atoms with Crippen LogP contribution in [0.3, 0.4) is 0 Å². The third kappa shape index (κ3) is 4.76. The molecule has 0 spiro atoms. The molecule has 3 aromatic rings. The number of aliphatic imine (C=N–C) groups is 1. The Labute approximate surface area is 186 Å². The molecule has 4 rings (SSSR count). The molecule has 32 heavy (non-hydrogen) atoms. The third-order valence-corrected chi connectivity index (χ3v) is 6.36. The van der Waals surface area contributed by atoms with Gasteiger partial charge in [-0.2, -0.15) is 0 Å². The molecule has 0 aliphatic carbocycles. The van der Waals surface area contributed by atoms with Crippen molar-refractivity contribution in [2.45, 2.75) is 17.7 Å². The zero-order valence-corrected chi connectivity index (χ0v) is 17.9. The molecule has 0 aromatic heterocycles. The summed E-state index contributed by atoms with van der Waals surface area (Å²) in [5.41, 5.74) is 1.24. The van der Waals surface area contributed by atoms with E-state index in [1.54, 1.807) is 60.7 Å². The van der Waals surface area contributed by atoms with Crippen molar-refractivity contribution in [3.63, 3.8) is 0 Å². The molecule has 3 aromatic carbocycles. The predicted octanol–water partition coefficient (Wildman–Crippen LogP) is 3.64. The van der Waals surface area contributed by atoms with Crippen LogP contribution in [0, 0.1) is 0 Å². The van der Waals surface area contributed by atoms with Crippen LogP contribution in [0.25, 0.3) is 0 Å². The third-order valence-electron chi connectivity index (χ3n) is 4.98. The van der Waals surface area contributed by atoms with E-state index in [0.29, 0.717) is 30.1 Å². The van der Waals surface area contributed by atoms with Gasteiger partial charge < -0.3 is 5.32 Å². The van der Waals surface area contributed by atoms with Crippen molar-refractivity contribution < 1.29 is 18.0 Å². The van der Waals surface area contributed by atoms with Crippen LogP contribution in [-0.4, -0.2) is 32.5 Å². The summed E-state index contributed by atoms with van der Waals surface area (Å²) in [4.78, 5) is 30.0. The first kappa shape index (κ1) is 21.5. The highest BCUT2D eigenvalue weighted by atomic mass is 32.2. The van der Waals surface area contributed by atoms with Crippen LogP contribution in [0.1, 0.15) is 39.1 Å².